The van der Waals surface area contributed by atoms with Crippen LogP contribution < -0.4 is 15.4 Å². The highest BCUT2D eigenvalue weighted by Gasteiger charge is 2.37. The lowest BCUT2D eigenvalue weighted by molar-refractivity contribution is -0.204. The second-order valence-corrected chi connectivity index (χ2v) is 5.59. The third-order valence-electron chi connectivity index (χ3n) is 3.91. The number of fused-ring (bicyclic) bond motifs is 1. The minimum atomic E-state index is -4.67. The van der Waals surface area contributed by atoms with Gasteiger partial charge in [-0.2, -0.15) is 13.2 Å². The lowest BCUT2D eigenvalue weighted by Gasteiger charge is -2.17. The topological polar surface area (TPSA) is 70.6 Å². The number of nitrogens with one attached hydrogen (secondary N) is 2. The van der Waals surface area contributed by atoms with Crippen molar-refractivity contribution in [2.45, 2.75) is 44.5 Å². The largest absolute Gasteiger partial charge is 0.494 e. The second-order valence-electron chi connectivity index (χ2n) is 5.59. The zero-order valence-corrected chi connectivity index (χ0v) is 13.3. The first-order valence-electron chi connectivity index (χ1n) is 7.86. The molecular weight excluding hydrogens is 325 g/mol. The van der Waals surface area contributed by atoms with E-state index in [9.17, 15) is 18.0 Å². The van der Waals surface area contributed by atoms with Gasteiger partial charge in [0.25, 0.3) is 0 Å². The van der Waals surface area contributed by atoms with Gasteiger partial charge in [0.1, 0.15) is 5.75 Å². The molecule has 1 aromatic carbocycles. The molecule has 2 amide bonds. The summed E-state index contributed by atoms with van der Waals surface area (Å²) in [5.74, 6) is 0.799. The molecule has 0 saturated heterocycles. The summed E-state index contributed by atoms with van der Waals surface area (Å²) >= 11 is 0. The highest BCUT2D eigenvalue weighted by Crippen LogP contribution is 2.36. The molecule has 8 heteroatoms. The zero-order chi connectivity index (χ0) is 17.7. The van der Waals surface area contributed by atoms with Crippen LogP contribution in [0.4, 0.5) is 18.0 Å². The van der Waals surface area contributed by atoms with Gasteiger partial charge in [-0.15, -0.1) is 0 Å². The maximum absolute atomic E-state index is 12.2. The second kappa shape index (κ2) is 7.74. The molecule has 1 aliphatic rings. The number of ether oxygens (including phenoxy) is 1. The average Bonchev–Trinajstić information content (AvgIpc) is 2.91. The Balaban J connectivity index is 1.86. The molecule has 0 aromatic heterocycles. The Hall–Kier alpha value is -1.96. The summed E-state index contributed by atoms with van der Waals surface area (Å²) in [5.41, 5.74) is 2.02. The Labute approximate surface area is 138 Å². The predicted octanol–water partition coefficient (Wildman–Crippen LogP) is 2.69. The summed E-state index contributed by atoms with van der Waals surface area (Å²) in [7, 11) is 0. The van der Waals surface area contributed by atoms with Crippen LogP contribution in [0.25, 0.3) is 0 Å². The standard InChI is InChI=1S/C16H21F3N2O3/c1-2-24-13-5-3-4-10-11(13)6-7-12(10)21-15(23)20-9-8-14(22)16(17,18)19/h3-5,12,14,22H,2,6-9H2,1H3,(H2,20,21,23). The Morgan fingerprint density at radius 3 is 2.88 bits per heavy atom. The first-order chi connectivity index (χ1) is 11.3. The van der Waals surface area contributed by atoms with Crippen LogP contribution in [0.1, 0.15) is 36.9 Å². The van der Waals surface area contributed by atoms with Gasteiger partial charge in [-0.3, -0.25) is 0 Å². The Morgan fingerprint density at radius 1 is 1.46 bits per heavy atom. The average molecular weight is 346 g/mol. The van der Waals surface area contributed by atoms with E-state index in [4.69, 9.17) is 9.84 Å². The molecule has 5 nitrogen and oxygen atoms in total. The van der Waals surface area contributed by atoms with E-state index < -0.39 is 24.7 Å². The number of amides is 2. The van der Waals surface area contributed by atoms with Crippen LogP contribution >= 0.6 is 0 Å². The molecule has 0 heterocycles. The number of carbonyl (C=O) groups excluding carboxylic acids is 1. The van der Waals surface area contributed by atoms with Gasteiger partial charge < -0.3 is 20.5 Å². The molecule has 1 aromatic rings. The van der Waals surface area contributed by atoms with Crippen LogP contribution in [-0.2, 0) is 6.42 Å². The van der Waals surface area contributed by atoms with E-state index in [-0.39, 0.29) is 12.6 Å². The fraction of sp³-hybridized carbons (Fsp3) is 0.562. The van der Waals surface area contributed by atoms with Crippen molar-refractivity contribution in [3.63, 3.8) is 0 Å². The van der Waals surface area contributed by atoms with E-state index >= 15 is 0 Å². The number of rotatable bonds is 6. The van der Waals surface area contributed by atoms with Crippen molar-refractivity contribution >= 4 is 6.03 Å². The molecule has 0 saturated carbocycles. The molecule has 3 N–H and O–H groups in total. The molecule has 134 valence electrons. The van der Waals surface area contributed by atoms with Crippen LogP contribution in [0.5, 0.6) is 5.75 Å². The molecule has 24 heavy (non-hydrogen) atoms. The molecule has 2 atom stereocenters. The van der Waals surface area contributed by atoms with Crippen LogP contribution in [0.3, 0.4) is 0 Å². The normalized spacial score (nSPS) is 18.0. The summed E-state index contributed by atoms with van der Waals surface area (Å²) in [4.78, 5) is 11.8. The van der Waals surface area contributed by atoms with Gasteiger partial charge in [0.2, 0.25) is 0 Å². The predicted molar refractivity (Wildman–Crippen MR) is 81.9 cm³/mol. The number of halogens is 3. The number of hydrogen-bond acceptors (Lipinski definition) is 3. The first-order valence-corrected chi connectivity index (χ1v) is 7.86. The summed E-state index contributed by atoms with van der Waals surface area (Å²) in [6.45, 7) is 2.19. The smallest absolute Gasteiger partial charge is 0.414 e. The monoisotopic (exact) mass is 346 g/mol. The van der Waals surface area contributed by atoms with Crippen molar-refractivity contribution in [3.8, 4) is 5.75 Å². The molecule has 0 bridgehead atoms. The number of hydrogen-bond donors (Lipinski definition) is 3. The minimum Gasteiger partial charge on any atom is -0.494 e. The van der Waals surface area contributed by atoms with Gasteiger partial charge >= 0.3 is 12.2 Å². The number of carbonyl (C=O) groups is 1. The van der Waals surface area contributed by atoms with Crippen LogP contribution in [0.2, 0.25) is 0 Å². The molecule has 0 aliphatic heterocycles. The summed E-state index contributed by atoms with van der Waals surface area (Å²) in [5, 5.41) is 14.0. The minimum absolute atomic E-state index is 0.201. The molecule has 0 radical (unpaired) electrons. The van der Waals surface area contributed by atoms with E-state index in [1.54, 1.807) is 0 Å². The van der Waals surface area contributed by atoms with Gasteiger partial charge in [0.05, 0.1) is 12.6 Å². The molecule has 2 unspecified atom stereocenters. The van der Waals surface area contributed by atoms with Crippen molar-refractivity contribution in [3.05, 3.63) is 29.3 Å². The third kappa shape index (κ3) is 4.53. The summed E-state index contributed by atoms with van der Waals surface area (Å²) in [6, 6.07) is 4.88. The van der Waals surface area contributed by atoms with Gasteiger partial charge in [-0.25, -0.2) is 4.79 Å². The van der Waals surface area contributed by atoms with Crippen molar-refractivity contribution < 1.29 is 27.8 Å². The van der Waals surface area contributed by atoms with Gasteiger partial charge in [-0.05, 0) is 43.4 Å². The van der Waals surface area contributed by atoms with Crippen molar-refractivity contribution in [1.29, 1.82) is 0 Å². The summed E-state index contributed by atoms with van der Waals surface area (Å²) < 4.78 is 42.1. The van der Waals surface area contributed by atoms with Gasteiger partial charge in [0, 0.05) is 6.54 Å². The molecule has 1 aliphatic carbocycles. The van der Waals surface area contributed by atoms with Gasteiger partial charge in [-0.1, -0.05) is 12.1 Å². The quantitative estimate of drug-likeness (QED) is 0.742. The van der Waals surface area contributed by atoms with Crippen LogP contribution in [0, 0.1) is 0 Å². The van der Waals surface area contributed by atoms with Crippen LogP contribution in [0.15, 0.2) is 18.2 Å². The fourth-order valence-electron chi connectivity index (χ4n) is 2.76. The maximum Gasteiger partial charge on any atom is 0.414 e. The molecule has 2 rings (SSSR count). The first kappa shape index (κ1) is 18.4. The van der Waals surface area contributed by atoms with E-state index in [0.29, 0.717) is 13.0 Å². The zero-order valence-electron chi connectivity index (χ0n) is 13.3. The molecule has 0 spiro atoms. The number of urea groups is 1. The highest BCUT2D eigenvalue weighted by molar-refractivity contribution is 5.74. The van der Waals surface area contributed by atoms with Crippen LogP contribution in [-0.4, -0.2) is 36.6 Å². The molecular formula is C16H21F3N2O3. The third-order valence-corrected chi connectivity index (χ3v) is 3.91. The van der Waals surface area contributed by atoms with Gasteiger partial charge in [0.15, 0.2) is 6.10 Å². The number of alkyl halides is 3. The number of aliphatic hydroxyl groups excluding tert-OH is 1. The van der Waals surface area contributed by atoms with E-state index in [1.165, 1.54) is 0 Å². The highest BCUT2D eigenvalue weighted by atomic mass is 19.4. The van der Waals surface area contributed by atoms with Crippen molar-refractivity contribution in [1.82, 2.24) is 10.6 Å². The van der Waals surface area contributed by atoms with E-state index in [1.807, 2.05) is 25.1 Å². The lowest BCUT2D eigenvalue weighted by Crippen LogP contribution is -2.40. The molecule has 0 fully saturated rings. The fourth-order valence-corrected chi connectivity index (χ4v) is 2.76. The van der Waals surface area contributed by atoms with Crippen molar-refractivity contribution in [2.24, 2.45) is 0 Å². The number of aliphatic hydroxyl groups is 1. The van der Waals surface area contributed by atoms with E-state index in [0.717, 1.165) is 23.3 Å². The summed E-state index contributed by atoms with van der Waals surface area (Å²) in [6.07, 6.45) is -6.20. The SMILES string of the molecule is CCOc1cccc2c1CCC2NC(=O)NCCC(O)C(F)(F)F. The Morgan fingerprint density at radius 2 is 2.21 bits per heavy atom. The number of benzene rings is 1. The lowest BCUT2D eigenvalue weighted by atomic mass is 10.1. The Kier molecular flexibility index (Phi) is 5.93. The Bertz CT molecular complexity index is 578. The van der Waals surface area contributed by atoms with E-state index in [2.05, 4.69) is 10.6 Å². The van der Waals surface area contributed by atoms with Crippen molar-refractivity contribution in [2.75, 3.05) is 13.2 Å². The maximum atomic E-state index is 12.2.